The summed E-state index contributed by atoms with van der Waals surface area (Å²) < 4.78 is 28.1. The molecule has 0 aliphatic rings. The number of aromatic nitrogens is 2. The lowest BCUT2D eigenvalue weighted by atomic mass is 10.1. The first-order valence-electron chi connectivity index (χ1n) is 5.89. The van der Waals surface area contributed by atoms with Crippen LogP contribution in [0.25, 0.3) is 0 Å². The quantitative estimate of drug-likeness (QED) is 0.762. The second-order valence-corrected chi connectivity index (χ2v) is 6.83. The first kappa shape index (κ1) is 15.0. The number of nitrogens with one attached hydrogen (secondary N) is 3. The molecule has 0 saturated carbocycles. The standard InChI is InChI=1S/C12H15BrN4O2S/c1-8-11(13)3-9(5-14-2)4-12(8)20(18,19)17-10-6-15-16-7-10/h3-4,6-7,14,17H,5H2,1-2H3,(H,15,16). The van der Waals surface area contributed by atoms with Crippen molar-refractivity contribution < 1.29 is 8.42 Å². The van der Waals surface area contributed by atoms with Gasteiger partial charge in [0.1, 0.15) is 0 Å². The minimum Gasteiger partial charge on any atom is -0.316 e. The van der Waals surface area contributed by atoms with Gasteiger partial charge in [0.2, 0.25) is 0 Å². The Labute approximate surface area is 126 Å². The van der Waals surface area contributed by atoms with Crippen molar-refractivity contribution in [3.05, 3.63) is 40.1 Å². The molecule has 8 heteroatoms. The van der Waals surface area contributed by atoms with E-state index in [1.54, 1.807) is 13.0 Å². The van der Waals surface area contributed by atoms with Gasteiger partial charge in [0.15, 0.2) is 0 Å². The van der Waals surface area contributed by atoms with E-state index in [1.165, 1.54) is 12.4 Å². The normalized spacial score (nSPS) is 11.6. The average Bonchev–Trinajstić information content (AvgIpc) is 2.85. The van der Waals surface area contributed by atoms with E-state index in [0.29, 0.717) is 17.8 Å². The number of rotatable bonds is 5. The summed E-state index contributed by atoms with van der Waals surface area (Å²) in [7, 11) is -1.83. The van der Waals surface area contributed by atoms with E-state index in [4.69, 9.17) is 0 Å². The molecule has 2 rings (SSSR count). The highest BCUT2D eigenvalue weighted by molar-refractivity contribution is 9.10. The Balaban J connectivity index is 2.44. The molecular weight excluding hydrogens is 344 g/mol. The Morgan fingerprint density at radius 2 is 2.15 bits per heavy atom. The zero-order chi connectivity index (χ0) is 14.8. The first-order valence-corrected chi connectivity index (χ1v) is 8.17. The second kappa shape index (κ2) is 5.94. The number of sulfonamides is 1. The summed E-state index contributed by atoms with van der Waals surface area (Å²) in [6.07, 6.45) is 2.90. The zero-order valence-corrected chi connectivity index (χ0v) is 13.5. The molecule has 2 aromatic rings. The van der Waals surface area contributed by atoms with Crippen molar-refractivity contribution in [1.29, 1.82) is 0 Å². The van der Waals surface area contributed by atoms with Crippen LogP contribution in [0, 0.1) is 6.92 Å². The van der Waals surface area contributed by atoms with Gasteiger partial charge in [-0.25, -0.2) is 8.42 Å². The summed E-state index contributed by atoms with van der Waals surface area (Å²) >= 11 is 3.40. The molecule has 0 radical (unpaired) electrons. The molecule has 0 atom stereocenters. The SMILES string of the molecule is CNCc1cc(Br)c(C)c(S(=O)(=O)Nc2cn[nH]c2)c1. The largest absolute Gasteiger partial charge is 0.316 e. The van der Waals surface area contributed by atoms with Crippen molar-refractivity contribution in [3.8, 4) is 0 Å². The first-order chi connectivity index (χ1) is 9.44. The fourth-order valence-electron chi connectivity index (χ4n) is 1.81. The molecule has 1 heterocycles. The predicted molar refractivity (Wildman–Crippen MR) is 81.0 cm³/mol. The summed E-state index contributed by atoms with van der Waals surface area (Å²) in [5, 5.41) is 9.28. The van der Waals surface area contributed by atoms with Gasteiger partial charge in [0.05, 0.1) is 16.8 Å². The van der Waals surface area contributed by atoms with E-state index >= 15 is 0 Å². The molecule has 0 aliphatic heterocycles. The summed E-state index contributed by atoms with van der Waals surface area (Å²) in [6.45, 7) is 2.35. The van der Waals surface area contributed by atoms with Crippen LogP contribution < -0.4 is 10.0 Å². The Kier molecular flexibility index (Phi) is 4.46. The van der Waals surface area contributed by atoms with E-state index in [1.807, 2.05) is 13.1 Å². The third kappa shape index (κ3) is 3.20. The maximum atomic E-state index is 12.4. The lowest BCUT2D eigenvalue weighted by molar-refractivity contribution is 0.600. The maximum Gasteiger partial charge on any atom is 0.262 e. The number of benzene rings is 1. The van der Waals surface area contributed by atoms with Gasteiger partial charge in [-0.1, -0.05) is 15.9 Å². The second-order valence-electron chi connectivity index (χ2n) is 4.32. The summed E-state index contributed by atoms with van der Waals surface area (Å²) in [4.78, 5) is 0.248. The maximum absolute atomic E-state index is 12.4. The molecule has 0 fully saturated rings. The fraction of sp³-hybridized carbons (Fsp3) is 0.250. The highest BCUT2D eigenvalue weighted by atomic mass is 79.9. The van der Waals surface area contributed by atoms with Gasteiger partial charge < -0.3 is 5.32 Å². The van der Waals surface area contributed by atoms with Crippen molar-refractivity contribution in [2.45, 2.75) is 18.4 Å². The van der Waals surface area contributed by atoms with Crippen molar-refractivity contribution in [2.75, 3.05) is 11.8 Å². The van der Waals surface area contributed by atoms with E-state index in [0.717, 1.165) is 10.0 Å². The lowest BCUT2D eigenvalue weighted by Crippen LogP contribution is -2.15. The Bertz CT molecular complexity index is 698. The molecule has 20 heavy (non-hydrogen) atoms. The molecule has 3 N–H and O–H groups in total. The van der Waals surface area contributed by atoms with Crippen LogP contribution in [0.15, 0.2) is 33.9 Å². The molecule has 0 spiro atoms. The molecule has 0 aliphatic carbocycles. The van der Waals surface area contributed by atoms with Crippen molar-refractivity contribution in [3.63, 3.8) is 0 Å². The molecule has 108 valence electrons. The highest BCUT2D eigenvalue weighted by Crippen LogP contribution is 2.27. The van der Waals surface area contributed by atoms with Crippen molar-refractivity contribution >= 4 is 31.6 Å². The molecular formula is C12H15BrN4O2S. The minimum absolute atomic E-state index is 0.248. The number of hydrogen-bond donors (Lipinski definition) is 3. The Morgan fingerprint density at radius 1 is 1.40 bits per heavy atom. The highest BCUT2D eigenvalue weighted by Gasteiger charge is 2.19. The van der Waals surface area contributed by atoms with Crippen molar-refractivity contribution in [2.24, 2.45) is 0 Å². The monoisotopic (exact) mass is 358 g/mol. The average molecular weight is 359 g/mol. The molecule has 0 bridgehead atoms. The summed E-state index contributed by atoms with van der Waals surface area (Å²) in [5.74, 6) is 0. The van der Waals surface area contributed by atoms with Crippen LogP contribution in [-0.2, 0) is 16.6 Å². The number of H-pyrrole nitrogens is 1. The van der Waals surface area contributed by atoms with Gasteiger partial charge >= 0.3 is 0 Å². The van der Waals surface area contributed by atoms with Gasteiger partial charge in [-0.15, -0.1) is 0 Å². The van der Waals surface area contributed by atoms with Gasteiger partial charge in [0.25, 0.3) is 10.0 Å². The van der Waals surface area contributed by atoms with Crippen LogP contribution in [0.5, 0.6) is 0 Å². The minimum atomic E-state index is -3.65. The Morgan fingerprint density at radius 3 is 2.75 bits per heavy atom. The predicted octanol–water partition coefficient (Wildman–Crippen LogP) is 2.00. The topological polar surface area (TPSA) is 86.9 Å². The van der Waals surface area contributed by atoms with Crippen LogP contribution in [0.1, 0.15) is 11.1 Å². The van der Waals surface area contributed by atoms with E-state index in [9.17, 15) is 8.42 Å². The molecule has 0 saturated heterocycles. The van der Waals surface area contributed by atoms with Gasteiger partial charge in [-0.05, 0) is 37.2 Å². The van der Waals surface area contributed by atoms with Crippen LogP contribution >= 0.6 is 15.9 Å². The summed E-state index contributed by atoms with van der Waals surface area (Å²) in [6, 6.07) is 3.57. The summed E-state index contributed by atoms with van der Waals surface area (Å²) in [5.41, 5.74) is 1.96. The number of halogens is 1. The van der Waals surface area contributed by atoms with E-state index in [-0.39, 0.29) is 4.90 Å². The smallest absolute Gasteiger partial charge is 0.262 e. The van der Waals surface area contributed by atoms with Crippen LogP contribution in [0.4, 0.5) is 5.69 Å². The molecule has 0 unspecified atom stereocenters. The van der Waals surface area contributed by atoms with E-state index in [2.05, 4.69) is 36.2 Å². The van der Waals surface area contributed by atoms with Crippen LogP contribution in [0.3, 0.4) is 0 Å². The van der Waals surface area contributed by atoms with Gasteiger partial charge in [0, 0.05) is 17.2 Å². The number of anilines is 1. The molecule has 1 aromatic carbocycles. The van der Waals surface area contributed by atoms with E-state index < -0.39 is 10.0 Å². The molecule has 1 aromatic heterocycles. The zero-order valence-electron chi connectivity index (χ0n) is 11.1. The number of aromatic amines is 1. The molecule has 0 amide bonds. The van der Waals surface area contributed by atoms with Crippen LogP contribution in [0.2, 0.25) is 0 Å². The third-order valence-electron chi connectivity index (χ3n) is 2.78. The van der Waals surface area contributed by atoms with Crippen LogP contribution in [-0.4, -0.2) is 25.7 Å². The Hall–Kier alpha value is -1.38. The third-order valence-corrected chi connectivity index (χ3v) is 5.11. The number of nitrogens with zero attached hydrogens (tertiary/aromatic N) is 1. The lowest BCUT2D eigenvalue weighted by Gasteiger charge is -2.12. The molecule has 6 nitrogen and oxygen atoms in total. The fourth-order valence-corrected chi connectivity index (χ4v) is 3.80. The van der Waals surface area contributed by atoms with Gasteiger partial charge in [-0.3, -0.25) is 9.82 Å². The number of hydrogen-bond acceptors (Lipinski definition) is 4. The van der Waals surface area contributed by atoms with Gasteiger partial charge in [-0.2, -0.15) is 5.10 Å². The van der Waals surface area contributed by atoms with Crippen molar-refractivity contribution in [1.82, 2.24) is 15.5 Å².